The van der Waals surface area contributed by atoms with E-state index in [2.05, 4.69) is 10.1 Å². The lowest BCUT2D eigenvalue weighted by Crippen LogP contribution is -2.25. The fourth-order valence-corrected chi connectivity index (χ4v) is 2.14. The average Bonchev–Trinajstić information content (AvgIpc) is 2.49. The number of nitrogens with two attached hydrogens (primary N) is 1. The number of ether oxygens (including phenoxy) is 2. The van der Waals surface area contributed by atoms with Gasteiger partial charge in [0, 0.05) is 12.0 Å². The van der Waals surface area contributed by atoms with Crippen molar-refractivity contribution in [3.63, 3.8) is 0 Å². The van der Waals surface area contributed by atoms with Crippen LogP contribution in [-0.2, 0) is 9.53 Å². The summed E-state index contributed by atoms with van der Waals surface area (Å²) in [5.41, 5.74) is 5.91. The fourth-order valence-electron chi connectivity index (χ4n) is 2.14. The second-order valence-electron chi connectivity index (χ2n) is 4.95. The van der Waals surface area contributed by atoms with Crippen LogP contribution < -0.4 is 15.8 Å². The van der Waals surface area contributed by atoms with Crippen LogP contribution in [0.4, 0.5) is 10.5 Å². The first kappa shape index (κ1) is 15.8. The number of unbranched alkanes of at least 4 members (excludes halogenated alkanes) is 2. The molecular formula is C15H18N2O5. The molecule has 2 rings (SSSR count). The number of carbonyl (C=O) groups is 3. The molecule has 0 spiro atoms. The number of nitrogens with one attached hydrogen (secondary N) is 1. The molecule has 1 aromatic carbocycles. The number of hydrogen-bond acceptors (Lipinski definition) is 5. The number of hydrogen-bond donors (Lipinski definition) is 2. The minimum absolute atomic E-state index is 0.00144. The Hall–Kier alpha value is -2.57. The molecule has 0 saturated heterocycles. The molecule has 0 radical (unpaired) electrons. The van der Waals surface area contributed by atoms with Crippen molar-refractivity contribution in [2.45, 2.75) is 25.7 Å². The van der Waals surface area contributed by atoms with E-state index in [1.807, 2.05) is 0 Å². The third kappa shape index (κ3) is 4.47. The summed E-state index contributed by atoms with van der Waals surface area (Å²) in [5.74, 6) is 0.338. The molecule has 1 aliphatic heterocycles. The van der Waals surface area contributed by atoms with Gasteiger partial charge >= 0.3 is 6.09 Å². The Balaban J connectivity index is 1.79. The summed E-state index contributed by atoms with van der Waals surface area (Å²) in [4.78, 5) is 33.7. The van der Waals surface area contributed by atoms with Crippen LogP contribution in [-0.4, -0.2) is 31.0 Å². The maximum absolute atomic E-state index is 12.1. The van der Waals surface area contributed by atoms with E-state index in [0.29, 0.717) is 36.3 Å². The molecule has 118 valence electrons. The van der Waals surface area contributed by atoms with Gasteiger partial charge in [0.05, 0.1) is 12.3 Å². The Morgan fingerprint density at radius 3 is 2.86 bits per heavy atom. The molecular weight excluding hydrogens is 288 g/mol. The first-order valence-electron chi connectivity index (χ1n) is 7.08. The molecule has 0 saturated carbocycles. The van der Waals surface area contributed by atoms with E-state index >= 15 is 0 Å². The largest absolute Gasteiger partial charge is 0.482 e. The van der Waals surface area contributed by atoms with Gasteiger partial charge < -0.3 is 20.5 Å². The smallest absolute Gasteiger partial charge is 0.404 e. The minimum Gasteiger partial charge on any atom is -0.482 e. The van der Waals surface area contributed by atoms with Crippen LogP contribution >= 0.6 is 0 Å². The van der Waals surface area contributed by atoms with E-state index in [-0.39, 0.29) is 24.9 Å². The zero-order chi connectivity index (χ0) is 15.9. The van der Waals surface area contributed by atoms with Crippen LogP contribution in [0.3, 0.4) is 0 Å². The van der Waals surface area contributed by atoms with E-state index in [1.54, 1.807) is 18.2 Å². The summed E-state index contributed by atoms with van der Waals surface area (Å²) >= 11 is 0. The molecule has 0 bridgehead atoms. The van der Waals surface area contributed by atoms with Crippen molar-refractivity contribution in [3.8, 4) is 5.75 Å². The Morgan fingerprint density at radius 1 is 1.27 bits per heavy atom. The minimum atomic E-state index is -0.783. The Labute approximate surface area is 127 Å². The molecule has 1 heterocycles. The first-order valence-corrected chi connectivity index (χ1v) is 7.08. The lowest BCUT2D eigenvalue weighted by molar-refractivity contribution is -0.118. The number of amides is 2. The summed E-state index contributed by atoms with van der Waals surface area (Å²) in [7, 11) is 0. The highest BCUT2D eigenvalue weighted by atomic mass is 16.5. The SMILES string of the molecule is NC(=O)OCCCCCC(=O)c1ccc2c(c1)NC(=O)CO2. The normalized spacial score (nSPS) is 12.8. The third-order valence-electron chi connectivity index (χ3n) is 3.23. The van der Waals surface area contributed by atoms with Crippen molar-refractivity contribution in [3.05, 3.63) is 23.8 Å². The second-order valence-corrected chi connectivity index (χ2v) is 4.95. The number of benzene rings is 1. The van der Waals surface area contributed by atoms with Crippen molar-refractivity contribution in [2.75, 3.05) is 18.5 Å². The molecule has 7 nitrogen and oxygen atoms in total. The highest BCUT2D eigenvalue weighted by Crippen LogP contribution is 2.29. The molecule has 1 aliphatic rings. The van der Waals surface area contributed by atoms with Gasteiger partial charge in [-0.2, -0.15) is 0 Å². The van der Waals surface area contributed by atoms with Gasteiger partial charge in [0.15, 0.2) is 12.4 Å². The summed E-state index contributed by atoms with van der Waals surface area (Å²) in [5, 5.41) is 2.67. The van der Waals surface area contributed by atoms with Crippen LogP contribution in [0.25, 0.3) is 0 Å². The lowest BCUT2D eigenvalue weighted by Gasteiger charge is -2.18. The van der Waals surface area contributed by atoms with Gasteiger partial charge in [0.25, 0.3) is 5.91 Å². The van der Waals surface area contributed by atoms with Gasteiger partial charge in [-0.15, -0.1) is 0 Å². The maximum Gasteiger partial charge on any atom is 0.404 e. The molecule has 1 aromatic rings. The number of ketones is 1. The summed E-state index contributed by atoms with van der Waals surface area (Å²) in [6, 6.07) is 5.00. The van der Waals surface area contributed by atoms with Gasteiger partial charge in [-0.1, -0.05) is 0 Å². The zero-order valence-corrected chi connectivity index (χ0v) is 12.1. The highest BCUT2D eigenvalue weighted by Gasteiger charge is 2.17. The molecule has 0 aromatic heterocycles. The van der Waals surface area contributed by atoms with Crippen molar-refractivity contribution in [2.24, 2.45) is 5.73 Å². The van der Waals surface area contributed by atoms with Gasteiger partial charge in [-0.25, -0.2) is 4.79 Å². The molecule has 0 unspecified atom stereocenters. The van der Waals surface area contributed by atoms with Gasteiger partial charge in [-0.3, -0.25) is 9.59 Å². The summed E-state index contributed by atoms with van der Waals surface area (Å²) < 4.78 is 9.85. The molecule has 3 N–H and O–H groups in total. The predicted octanol–water partition coefficient (Wildman–Crippen LogP) is 1.86. The van der Waals surface area contributed by atoms with Gasteiger partial charge in [0.1, 0.15) is 5.75 Å². The predicted molar refractivity (Wildman–Crippen MR) is 78.9 cm³/mol. The van der Waals surface area contributed by atoms with Crippen LogP contribution in [0.15, 0.2) is 18.2 Å². The third-order valence-corrected chi connectivity index (χ3v) is 3.23. The topological polar surface area (TPSA) is 108 Å². The molecule has 0 fully saturated rings. The van der Waals surface area contributed by atoms with Crippen LogP contribution in [0.2, 0.25) is 0 Å². The van der Waals surface area contributed by atoms with E-state index in [1.165, 1.54) is 0 Å². The van der Waals surface area contributed by atoms with E-state index in [0.717, 1.165) is 6.42 Å². The zero-order valence-electron chi connectivity index (χ0n) is 12.1. The second kappa shape index (κ2) is 7.44. The first-order chi connectivity index (χ1) is 10.6. The van der Waals surface area contributed by atoms with E-state index in [9.17, 15) is 14.4 Å². The number of carbonyl (C=O) groups excluding carboxylic acids is 3. The maximum atomic E-state index is 12.1. The molecule has 22 heavy (non-hydrogen) atoms. The van der Waals surface area contributed by atoms with E-state index < -0.39 is 6.09 Å². The van der Waals surface area contributed by atoms with Gasteiger partial charge in [-0.05, 0) is 37.5 Å². The number of rotatable bonds is 7. The van der Waals surface area contributed by atoms with Crippen molar-refractivity contribution in [1.82, 2.24) is 0 Å². The summed E-state index contributed by atoms with van der Waals surface area (Å²) in [6.45, 7) is 0.263. The highest BCUT2D eigenvalue weighted by molar-refractivity contribution is 6.00. The van der Waals surface area contributed by atoms with E-state index in [4.69, 9.17) is 10.5 Å². The quantitative estimate of drug-likeness (QED) is 0.590. The van der Waals surface area contributed by atoms with Crippen LogP contribution in [0.5, 0.6) is 5.75 Å². The molecule has 0 atom stereocenters. The standard InChI is InChI=1S/C15H18N2O5/c16-15(20)21-7-3-1-2-4-12(18)10-5-6-13-11(8-10)17-14(19)9-22-13/h5-6,8H,1-4,7,9H2,(H2,16,20)(H,17,19). The monoisotopic (exact) mass is 306 g/mol. The van der Waals surface area contributed by atoms with Crippen molar-refractivity contribution >= 4 is 23.5 Å². The fraction of sp³-hybridized carbons (Fsp3) is 0.400. The lowest BCUT2D eigenvalue weighted by atomic mass is 10.0. The van der Waals surface area contributed by atoms with Gasteiger partial charge in [0.2, 0.25) is 0 Å². The Bertz CT molecular complexity index is 585. The van der Waals surface area contributed by atoms with Crippen LogP contribution in [0, 0.1) is 0 Å². The average molecular weight is 306 g/mol. The molecule has 7 heteroatoms. The number of Topliss-reactive ketones (excluding diaryl/α,β-unsaturated/α-hetero) is 1. The van der Waals surface area contributed by atoms with Crippen molar-refractivity contribution in [1.29, 1.82) is 0 Å². The summed E-state index contributed by atoms with van der Waals surface area (Å²) in [6.07, 6.45) is 1.74. The van der Waals surface area contributed by atoms with Crippen molar-refractivity contribution < 1.29 is 23.9 Å². The molecule has 0 aliphatic carbocycles. The number of primary amides is 1. The van der Waals surface area contributed by atoms with Crippen LogP contribution in [0.1, 0.15) is 36.0 Å². The number of fused-ring (bicyclic) bond motifs is 1. The molecule has 2 amide bonds. The Kier molecular flexibility index (Phi) is 5.35. The number of anilines is 1. The Morgan fingerprint density at radius 2 is 2.09 bits per heavy atom.